The first-order valence-electron chi connectivity index (χ1n) is 4.28. The van der Waals surface area contributed by atoms with Gasteiger partial charge in [0.05, 0.1) is 6.61 Å². The zero-order valence-electron chi connectivity index (χ0n) is 7.57. The van der Waals surface area contributed by atoms with Gasteiger partial charge in [-0.05, 0) is 30.5 Å². The molecule has 0 aliphatic heterocycles. The average Bonchev–Trinajstić information content (AvgIpc) is 2.12. The lowest BCUT2D eigenvalue weighted by atomic mass is 10.1. The molecule has 0 amide bonds. The van der Waals surface area contributed by atoms with Gasteiger partial charge in [0.2, 0.25) is 0 Å². The summed E-state index contributed by atoms with van der Waals surface area (Å²) in [5.41, 5.74) is 0.846. The summed E-state index contributed by atoms with van der Waals surface area (Å²) in [4.78, 5) is 9.98. The van der Waals surface area contributed by atoms with Crippen LogP contribution in [-0.2, 0) is 11.2 Å². The topological polar surface area (TPSA) is 46.5 Å². The Labute approximate surface area is 81.1 Å². The molecule has 0 spiro atoms. The minimum absolute atomic E-state index is 0.145. The van der Waals surface area contributed by atoms with Crippen molar-refractivity contribution >= 4 is 6.16 Å². The second kappa shape index (κ2) is 5.21. The van der Waals surface area contributed by atoms with Gasteiger partial charge in [0.25, 0.3) is 0 Å². The number of hydrogen-bond donors (Lipinski definition) is 1. The Bertz CT molecular complexity index is 312. The summed E-state index contributed by atoms with van der Waals surface area (Å²) in [7, 11) is 0. The molecule has 1 aromatic rings. The average molecular weight is 198 g/mol. The summed E-state index contributed by atoms with van der Waals surface area (Å²) in [5.74, 6) is -0.276. The number of carbonyl (C=O) groups is 1. The van der Waals surface area contributed by atoms with Crippen LogP contribution >= 0.6 is 0 Å². The van der Waals surface area contributed by atoms with Crippen molar-refractivity contribution < 1.29 is 19.0 Å². The largest absolute Gasteiger partial charge is 0.505 e. The van der Waals surface area contributed by atoms with Gasteiger partial charge in [-0.25, -0.2) is 9.18 Å². The third-order valence-corrected chi connectivity index (χ3v) is 1.72. The van der Waals surface area contributed by atoms with Gasteiger partial charge in [-0.2, -0.15) is 0 Å². The van der Waals surface area contributed by atoms with Gasteiger partial charge in [0.15, 0.2) is 0 Å². The van der Waals surface area contributed by atoms with E-state index in [0.717, 1.165) is 5.56 Å². The van der Waals surface area contributed by atoms with Crippen molar-refractivity contribution in [2.24, 2.45) is 0 Å². The fourth-order valence-corrected chi connectivity index (χ4v) is 1.13. The van der Waals surface area contributed by atoms with Crippen molar-refractivity contribution in [1.82, 2.24) is 0 Å². The molecule has 0 aromatic heterocycles. The molecular weight excluding hydrogens is 187 g/mol. The zero-order chi connectivity index (χ0) is 10.4. The minimum atomic E-state index is -1.27. The van der Waals surface area contributed by atoms with Gasteiger partial charge in [0, 0.05) is 0 Å². The van der Waals surface area contributed by atoms with Crippen LogP contribution in [0, 0.1) is 5.82 Å². The molecule has 0 atom stereocenters. The highest BCUT2D eigenvalue weighted by molar-refractivity contribution is 5.56. The molecule has 0 heterocycles. The van der Waals surface area contributed by atoms with Crippen LogP contribution in [0.1, 0.15) is 12.0 Å². The van der Waals surface area contributed by atoms with Crippen molar-refractivity contribution in [2.45, 2.75) is 12.8 Å². The van der Waals surface area contributed by atoms with Crippen molar-refractivity contribution in [1.29, 1.82) is 0 Å². The summed E-state index contributed by atoms with van der Waals surface area (Å²) in [6.45, 7) is 0.145. The summed E-state index contributed by atoms with van der Waals surface area (Å²) in [6, 6.07) is 6.23. The van der Waals surface area contributed by atoms with E-state index in [1.165, 1.54) is 12.1 Å². The molecule has 0 radical (unpaired) electrons. The van der Waals surface area contributed by atoms with E-state index in [-0.39, 0.29) is 12.4 Å². The van der Waals surface area contributed by atoms with Crippen molar-refractivity contribution in [2.75, 3.05) is 6.61 Å². The standard InChI is InChI=1S/C10H11FO3/c11-9-5-1-3-8(7-9)4-2-6-14-10(12)13/h1,3,5,7H,2,4,6H2,(H,12,13). The molecule has 0 fully saturated rings. The molecule has 1 N–H and O–H groups in total. The van der Waals surface area contributed by atoms with Gasteiger partial charge in [0.1, 0.15) is 5.82 Å². The second-order valence-electron chi connectivity index (χ2n) is 2.85. The summed E-state index contributed by atoms with van der Waals surface area (Å²) < 4.78 is 17.0. The van der Waals surface area contributed by atoms with Crippen LogP contribution in [0.3, 0.4) is 0 Å². The molecule has 1 rings (SSSR count). The molecule has 0 bridgehead atoms. The van der Waals surface area contributed by atoms with Crippen molar-refractivity contribution in [3.05, 3.63) is 35.6 Å². The minimum Gasteiger partial charge on any atom is -0.450 e. The number of carboxylic acid groups (broad SMARTS) is 1. The maximum Gasteiger partial charge on any atom is 0.505 e. The quantitative estimate of drug-likeness (QED) is 0.597. The highest BCUT2D eigenvalue weighted by Crippen LogP contribution is 2.06. The lowest BCUT2D eigenvalue weighted by Gasteiger charge is -2.01. The summed E-state index contributed by atoms with van der Waals surface area (Å²) >= 11 is 0. The Morgan fingerprint density at radius 1 is 1.50 bits per heavy atom. The van der Waals surface area contributed by atoms with Gasteiger partial charge in [-0.3, -0.25) is 0 Å². The van der Waals surface area contributed by atoms with E-state index in [1.54, 1.807) is 12.1 Å². The molecule has 4 heteroatoms. The highest BCUT2D eigenvalue weighted by atomic mass is 19.1. The molecule has 76 valence electrons. The summed E-state index contributed by atoms with van der Waals surface area (Å²) in [5, 5.41) is 8.17. The van der Waals surface area contributed by atoms with E-state index >= 15 is 0 Å². The van der Waals surface area contributed by atoms with Crippen LogP contribution in [0.2, 0.25) is 0 Å². The molecule has 1 aromatic carbocycles. The first-order valence-corrected chi connectivity index (χ1v) is 4.28. The predicted octanol–water partition coefficient (Wildman–Crippen LogP) is 2.45. The molecule has 0 saturated heterocycles. The Hall–Kier alpha value is -1.58. The second-order valence-corrected chi connectivity index (χ2v) is 2.85. The van der Waals surface area contributed by atoms with Gasteiger partial charge < -0.3 is 9.84 Å². The fourth-order valence-electron chi connectivity index (χ4n) is 1.13. The zero-order valence-corrected chi connectivity index (χ0v) is 7.57. The lowest BCUT2D eigenvalue weighted by molar-refractivity contribution is 0.0907. The molecule has 14 heavy (non-hydrogen) atoms. The Morgan fingerprint density at radius 3 is 2.93 bits per heavy atom. The fraction of sp³-hybridized carbons (Fsp3) is 0.300. The van der Waals surface area contributed by atoms with Gasteiger partial charge in [-0.1, -0.05) is 12.1 Å². The number of benzene rings is 1. The number of halogens is 1. The van der Waals surface area contributed by atoms with Crippen LogP contribution < -0.4 is 0 Å². The third-order valence-electron chi connectivity index (χ3n) is 1.72. The monoisotopic (exact) mass is 198 g/mol. The lowest BCUT2D eigenvalue weighted by Crippen LogP contribution is -2.02. The Morgan fingerprint density at radius 2 is 2.29 bits per heavy atom. The summed E-state index contributed by atoms with van der Waals surface area (Å²) in [6.07, 6.45) is -0.0925. The van der Waals surface area contributed by atoms with E-state index in [9.17, 15) is 9.18 Å². The Kier molecular flexibility index (Phi) is 3.91. The first-order chi connectivity index (χ1) is 6.68. The van der Waals surface area contributed by atoms with E-state index in [0.29, 0.717) is 12.8 Å². The predicted molar refractivity (Wildman–Crippen MR) is 48.7 cm³/mol. The van der Waals surface area contributed by atoms with Crippen molar-refractivity contribution in [3.63, 3.8) is 0 Å². The number of aryl methyl sites for hydroxylation is 1. The smallest absolute Gasteiger partial charge is 0.450 e. The van der Waals surface area contributed by atoms with Gasteiger partial charge >= 0.3 is 6.16 Å². The number of ether oxygens (including phenoxy) is 1. The Balaban J connectivity index is 2.28. The van der Waals surface area contributed by atoms with Crippen LogP contribution in [0.4, 0.5) is 9.18 Å². The molecule has 0 saturated carbocycles. The third kappa shape index (κ3) is 3.89. The molecule has 0 aliphatic rings. The van der Waals surface area contributed by atoms with Crippen LogP contribution in [0.15, 0.2) is 24.3 Å². The van der Waals surface area contributed by atoms with Gasteiger partial charge in [-0.15, -0.1) is 0 Å². The van der Waals surface area contributed by atoms with E-state index < -0.39 is 6.16 Å². The van der Waals surface area contributed by atoms with E-state index in [1.807, 2.05) is 0 Å². The van der Waals surface area contributed by atoms with E-state index in [2.05, 4.69) is 4.74 Å². The van der Waals surface area contributed by atoms with Crippen LogP contribution in [0.5, 0.6) is 0 Å². The molecular formula is C10H11FO3. The highest BCUT2D eigenvalue weighted by Gasteiger charge is 1.98. The number of rotatable bonds is 4. The maximum atomic E-state index is 12.7. The molecule has 0 aliphatic carbocycles. The maximum absolute atomic E-state index is 12.7. The molecule has 0 unspecified atom stereocenters. The van der Waals surface area contributed by atoms with Crippen molar-refractivity contribution in [3.8, 4) is 0 Å². The normalized spacial score (nSPS) is 9.79. The SMILES string of the molecule is O=C(O)OCCCc1cccc(F)c1. The van der Waals surface area contributed by atoms with Crippen LogP contribution in [-0.4, -0.2) is 17.9 Å². The first kappa shape index (κ1) is 10.5. The van der Waals surface area contributed by atoms with Crippen LogP contribution in [0.25, 0.3) is 0 Å². The molecule has 3 nitrogen and oxygen atoms in total. The number of hydrogen-bond acceptors (Lipinski definition) is 2. The van der Waals surface area contributed by atoms with E-state index in [4.69, 9.17) is 5.11 Å².